The van der Waals surface area contributed by atoms with Gasteiger partial charge in [0.2, 0.25) is 5.78 Å². The second kappa shape index (κ2) is 10.4. The second-order valence-electron chi connectivity index (χ2n) is 11.0. The topological polar surface area (TPSA) is 200 Å². The molecule has 4 atom stereocenters. The maximum atomic E-state index is 14.0. The summed E-state index contributed by atoms with van der Waals surface area (Å²) >= 11 is 0. The third-order valence-corrected chi connectivity index (χ3v) is 8.19. The number of hydrogen-bond acceptors (Lipinski definition) is 10. The van der Waals surface area contributed by atoms with Gasteiger partial charge in [-0.1, -0.05) is 18.2 Å². The number of anilines is 1. The number of phenolic OH excluding ortho intramolecular Hbond substituents is 1. The average molecular weight is 618 g/mol. The fourth-order valence-electron chi connectivity index (χ4n) is 6.37. The molecule has 2 amide bonds. The van der Waals surface area contributed by atoms with Crippen LogP contribution < -0.4 is 15.8 Å². The monoisotopic (exact) mass is 617 g/mol. The van der Waals surface area contributed by atoms with Crippen LogP contribution in [0.4, 0.5) is 18.9 Å². The van der Waals surface area contributed by atoms with Gasteiger partial charge in [-0.15, -0.1) is 13.2 Å². The van der Waals surface area contributed by atoms with Crippen LogP contribution in [0.25, 0.3) is 5.76 Å². The van der Waals surface area contributed by atoms with Crippen molar-refractivity contribution >= 4 is 34.8 Å². The molecule has 0 aromatic heterocycles. The van der Waals surface area contributed by atoms with Gasteiger partial charge in [-0.3, -0.25) is 24.1 Å². The minimum Gasteiger partial charge on any atom is -0.508 e. The molecule has 2 aromatic carbocycles. The number of rotatable bonds is 5. The van der Waals surface area contributed by atoms with Gasteiger partial charge in [-0.25, -0.2) is 0 Å². The van der Waals surface area contributed by atoms with Gasteiger partial charge in [-0.2, -0.15) is 0 Å². The first-order valence-electron chi connectivity index (χ1n) is 13.1. The molecule has 0 unspecified atom stereocenters. The van der Waals surface area contributed by atoms with Gasteiger partial charge < -0.3 is 36.2 Å². The third kappa shape index (κ3) is 4.64. The van der Waals surface area contributed by atoms with Gasteiger partial charge in [0.05, 0.1) is 17.3 Å². The van der Waals surface area contributed by atoms with Crippen molar-refractivity contribution in [3.8, 4) is 11.5 Å². The first-order valence-corrected chi connectivity index (χ1v) is 13.1. The van der Waals surface area contributed by atoms with Gasteiger partial charge >= 0.3 is 6.36 Å². The second-order valence-corrected chi connectivity index (χ2v) is 11.0. The number of alkyl halides is 3. The van der Waals surface area contributed by atoms with Crippen molar-refractivity contribution in [1.29, 1.82) is 0 Å². The number of benzene rings is 2. The van der Waals surface area contributed by atoms with Crippen LogP contribution in [0.5, 0.6) is 11.5 Å². The molecule has 1 fully saturated rings. The summed E-state index contributed by atoms with van der Waals surface area (Å²) in [7, 11) is 2.82. The maximum Gasteiger partial charge on any atom is 0.573 e. The smallest absolute Gasteiger partial charge is 0.508 e. The van der Waals surface area contributed by atoms with E-state index in [-0.39, 0.29) is 17.5 Å². The molecule has 3 aliphatic rings. The highest BCUT2D eigenvalue weighted by molar-refractivity contribution is 6.24. The van der Waals surface area contributed by atoms with Crippen LogP contribution in [-0.4, -0.2) is 80.8 Å². The summed E-state index contributed by atoms with van der Waals surface area (Å²) in [6.07, 6.45) is -6.05. The number of halogens is 3. The summed E-state index contributed by atoms with van der Waals surface area (Å²) in [6, 6.07) is 6.81. The molecule has 0 radical (unpaired) electrons. The molecule has 5 rings (SSSR count). The molecule has 0 saturated heterocycles. The molecule has 12 nitrogen and oxygen atoms in total. The van der Waals surface area contributed by atoms with E-state index in [9.17, 15) is 52.8 Å². The van der Waals surface area contributed by atoms with E-state index in [4.69, 9.17) is 5.73 Å². The first-order chi connectivity index (χ1) is 20.5. The Bertz CT molecular complexity index is 1680. The Balaban J connectivity index is 1.71. The van der Waals surface area contributed by atoms with Gasteiger partial charge in [0.25, 0.3) is 11.8 Å². The summed E-state index contributed by atoms with van der Waals surface area (Å²) in [5, 5.41) is 47.3. The van der Waals surface area contributed by atoms with Crippen LogP contribution in [0.3, 0.4) is 0 Å². The third-order valence-electron chi connectivity index (χ3n) is 8.19. The number of Topliss-reactive ketones (excluding diaryl/α,β-unsaturated/α-hetero) is 2. The number of aliphatic hydroxyl groups excluding tert-OH is 2. The summed E-state index contributed by atoms with van der Waals surface area (Å²) < 4.78 is 44.8. The summed E-state index contributed by atoms with van der Waals surface area (Å²) in [6.45, 7) is 0. The maximum absolute atomic E-state index is 14.0. The Kier molecular flexibility index (Phi) is 7.21. The summed E-state index contributed by atoms with van der Waals surface area (Å²) in [5.74, 6) is -11.3. The molecule has 232 valence electrons. The zero-order valence-corrected chi connectivity index (χ0v) is 23.1. The molecular weight excluding hydrogens is 591 g/mol. The molecule has 0 spiro atoms. The molecule has 15 heteroatoms. The van der Waals surface area contributed by atoms with E-state index >= 15 is 0 Å². The Morgan fingerprint density at radius 2 is 1.75 bits per heavy atom. The molecule has 0 bridgehead atoms. The van der Waals surface area contributed by atoms with Crippen molar-refractivity contribution in [3.05, 3.63) is 70.0 Å². The largest absolute Gasteiger partial charge is 0.573 e. The van der Waals surface area contributed by atoms with Crippen molar-refractivity contribution in [1.82, 2.24) is 4.90 Å². The Labute approximate surface area is 246 Å². The lowest BCUT2D eigenvalue weighted by Gasteiger charge is -2.50. The number of ketones is 2. The summed E-state index contributed by atoms with van der Waals surface area (Å²) in [5.41, 5.74) is -0.829. The van der Waals surface area contributed by atoms with Crippen LogP contribution in [0.1, 0.15) is 27.9 Å². The number of nitrogens with zero attached hydrogens (tertiary/aromatic N) is 1. The number of nitrogens with two attached hydrogens (primary N) is 1. The van der Waals surface area contributed by atoms with E-state index in [1.165, 1.54) is 43.3 Å². The normalized spacial score (nSPS) is 24.9. The Morgan fingerprint density at radius 1 is 1.11 bits per heavy atom. The van der Waals surface area contributed by atoms with Gasteiger partial charge in [0.15, 0.2) is 17.1 Å². The molecule has 0 heterocycles. The Morgan fingerprint density at radius 3 is 2.32 bits per heavy atom. The molecule has 44 heavy (non-hydrogen) atoms. The molecule has 1 saturated carbocycles. The predicted molar refractivity (Wildman–Crippen MR) is 145 cm³/mol. The van der Waals surface area contributed by atoms with Crippen LogP contribution >= 0.6 is 0 Å². The molecular formula is C29H26F3N3O9. The highest BCUT2D eigenvalue weighted by Crippen LogP contribution is 2.55. The van der Waals surface area contributed by atoms with Crippen molar-refractivity contribution in [2.45, 2.75) is 30.8 Å². The van der Waals surface area contributed by atoms with E-state index < -0.39 is 105 Å². The van der Waals surface area contributed by atoms with Crippen LogP contribution in [0, 0.1) is 11.8 Å². The number of primary amides is 1. The summed E-state index contributed by atoms with van der Waals surface area (Å²) in [4.78, 5) is 53.3. The van der Waals surface area contributed by atoms with Crippen LogP contribution in [-0.2, 0) is 20.8 Å². The number of ether oxygens (including phenoxy) is 1. The molecule has 7 N–H and O–H groups in total. The van der Waals surface area contributed by atoms with E-state index in [0.29, 0.717) is 0 Å². The lowest BCUT2D eigenvalue weighted by molar-refractivity contribution is -0.275. The SMILES string of the molecule is CN(C)[C@@H]1C(=O)C(C(N)=O)=C(O)[C@@]2(O)C(=O)C3=C(O)c4c(O)c(NC(=O)c5ccccc5)cc(OC(F)(F)F)c4C[C@H]3C[C@@H]12. The van der Waals surface area contributed by atoms with Gasteiger partial charge in [0, 0.05) is 28.7 Å². The molecule has 0 aliphatic heterocycles. The number of fused-ring (bicyclic) bond motifs is 3. The molecule has 2 aromatic rings. The van der Waals surface area contributed by atoms with Crippen molar-refractivity contribution in [3.63, 3.8) is 0 Å². The lowest BCUT2D eigenvalue weighted by atomic mass is 9.57. The highest BCUT2D eigenvalue weighted by Gasteiger charge is 2.64. The van der Waals surface area contributed by atoms with E-state index in [2.05, 4.69) is 10.1 Å². The van der Waals surface area contributed by atoms with Gasteiger partial charge in [-0.05, 0) is 45.0 Å². The minimum absolute atomic E-state index is 0.0797. The quantitative estimate of drug-likeness (QED) is 0.213. The number of amides is 2. The minimum atomic E-state index is -5.25. The fourth-order valence-corrected chi connectivity index (χ4v) is 6.37. The number of hydrogen-bond donors (Lipinski definition) is 6. The number of likely N-dealkylation sites (N-methyl/N-ethyl adjacent to an activating group) is 1. The van der Waals surface area contributed by atoms with Crippen LogP contribution in [0.2, 0.25) is 0 Å². The standard InChI is InChI=1S/C29H26F3N3O9/c1-35(2)20-14-9-12-8-13-16(44-29(30,31)32)10-15(34-27(42)11-6-4-3-5-7-11)21(36)18(13)22(37)17(12)24(39)28(14,43)25(40)19(23(20)38)26(33)41/h3-7,10,12,14,20,36-37,40,43H,8-9H2,1-2H3,(H2,33,41)(H,34,42)/t12-,14-,20-,28-/m0/s1. The van der Waals surface area contributed by atoms with E-state index in [1.807, 2.05) is 0 Å². The number of carbonyl (C=O) groups excluding carboxylic acids is 4. The van der Waals surface area contributed by atoms with Crippen molar-refractivity contribution in [2.75, 3.05) is 19.4 Å². The van der Waals surface area contributed by atoms with E-state index in [0.717, 1.165) is 6.07 Å². The fraction of sp³-hybridized carbons (Fsp3) is 0.310. The number of aliphatic hydroxyl groups is 3. The molecule has 3 aliphatic carbocycles. The zero-order chi connectivity index (χ0) is 32.5. The highest BCUT2D eigenvalue weighted by atomic mass is 19.4. The predicted octanol–water partition coefficient (Wildman–Crippen LogP) is 2.11. The van der Waals surface area contributed by atoms with E-state index in [1.54, 1.807) is 6.07 Å². The van der Waals surface area contributed by atoms with Crippen molar-refractivity contribution < 1.29 is 57.5 Å². The number of carbonyl (C=O) groups is 4. The lowest BCUT2D eigenvalue weighted by Crippen LogP contribution is -2.65. The zero-order valence-electron chi connectivity index (χ0n) is 23.1. The number of aromatic hydroxyl groups is 1. The van der Waals surface area contributed by atoms with Crippen molar-refractivity contribution in [2.24, 2.45) is 17.6 Å². The van der Waals surface area contributed by atoms with Gasteiger partial charge in [0.1, 0.15) is 22.8 Å². The number of phenols is 1. The first kappa shape index (κ1) is 30.6. The van der Waals surface area contributed by atoms with Crippen LogP contribution in [0.15, 0.2) is 53.3 Å². The number of nitrogens with one attached hydrogen (secondary N) is 1. The Hall–Kier alpha value is -4.89. The average Bonchev–Trinajstić information content (AvgIpc) is 2.92.